The highest BCUT2D eigenvalue weighted by Crippen LogP contribution is 2.22. The number of anilines is 2. The van der Waals surface area contributed by atoms with Crippen LogP contribution in [-0.4, -0.2) is 42.9 Å². The highest BCUT2D eigenvalue weighted by molar-refractivity contribution is 7.80. The minimum absolute atomic E-state index is 0.207. The summed E-state index contributed by atoms with van der Waals surface area (Å²) in [6, 6.07) is 13.8. The van der Waals surface area contributed by atoms with Crippen molar-refractivity contribution in [1.82, 2.24) is 10.3 Å². The van der Waals surface area contributed by atoms with Gasteiger partial charge in [0.25, 0.3) is 5.91 Å². The molecule has 0 atom stereocenters. The summed E-state index contributed by atoms with van der Waals surface area (Å²) in [5.41, 5.74) is 3.68. The molecule has 7 nitrogen and oxygen atoms in total. The van der Waals surface area contributed by atoms with E-state index < -0.39 is 0 Å². The number of carbonyl (C=O) groups is 1. The first-order valence-electron chi connectivity index (χ1n) is 11.2. The molecular weight excluding hydrogens is 468 g/mol. The zero-order chi connectivity index (χ0) is 24.2. The molecule has 0 aliphatic rings. The van der Waals surface area contributed by atoms with Gasteiger partial charge >= 0.3 is 0 Å². The Morgan fingerprint density at radius 2 is 1.94 bits per heavy atom. The van der Waals surface area contributed by atoms with Gasteiger partial charge in [-0.25, -0.2) is 4.98 Å². The molecule has 0 fully saturated rings. The Morgan fingerprint density at radius 1 is 1.09 bits per heavy atom. The fraction of sp³-hybridized carbons (Fsp3) is 0.320. The van der Waals surface area contributed by atoms with E-state index in [0.717, 1.165) is 37.1 Å². The SMILES string of the molecule is CCNC(=S)Nc1cccc(CCc2cc(OCCCOC)cc(C(=O)Nc3nccs3)c2)c1. The summed E-state index contributed by atoms with van der Waals surface area (Å²) < 4.78 is 11.0. The molecule has 0 saturated carbocycles. The number of methoxy groups -OCH3 is 1. The Balaban J connectivity index is 1.71. The molecule has 0 aliphatic carbocycles. The fourth-order valence-corrected chi connectivity index (χ4v) is 4.08. The molecule has 2 aromatic carbocycles. The number of aromatic nitrogens is 1. The predicted octanol–water partition coefficient (Wildman–Crippen LogP) is 4.90. The topological polar surface area (TPSA) is 84.5 Å². The lowest BCUT2D eigenvalue weighted by atomic mass is 10.0. The van der Waals surface area contributed by atoms with Crippen LogP contribution < -0.4 is 20.7 Å². The smallest absolute Gasteiger partial charge is 0.257 e. The van der Waals surface area contributed by atoms with Crippen molar-refractivity contribution in [3.05, 3.63) is 70.7 Å². The third-order valence-electron chi connectivity index (χ3n) is 4.87. The van der Waals surface area contributed by atoms with E-state index in [4.69, 9.17) is 21.7 Å². The molecule has 1 amide bonds. The van der Waals surface area contributed by atoms with Crippen molar-refractivity contribution in [3.8, 4) is 5.75 Å². The van der Waals surface area contributed by atoms with Gasteiger partial charge in [0, 0.05) is 49.5 Å². The van der Waals surface area contributed by atoms with Crippen LogP contribution in [0.15, 0.2) is 54.0 Å². The van der Waals surface area contributed by atoms with Crippen LogP contribution in [-0.2, 0) is 17.6 Å². The minimum Gasteiger partial charge on any atom is -0.493 e. The Hall–Kier alpha value is -3.01. The zero-order valence-corrected chi connectivity index (χ0v) is 21.1. The second-order valence-electron chi connectivity index (χ2n) is 7.54. The van der Waals surface area contributed by atoms with Crippen LogP contribution in [0.3, 0.4) is 0 Å². The van der Waals surface area contributed by atoms with Crippen LogP contribution in [0.5, 0.6) is 5.75 Å². The summed E-state index contributed by atoms with van der Waals surface area (Å²) in [7, 11) is 1.67. The normalized spacial score (nSPS) is 10.5. The maximum Gasteiger partial charge on any atom is 0.257 e. The van der Waals surface area contributed by atoms with E-state index in [2.05, 4.69) is 33.1 Å². The maximum absolute atomic E-state index is 12.8. The summed E-state index contributed by atoms with van der Waals surface area (Å²) in [5.74, 6) is 0.464. The largest absolute Gasteiger partial charge is 0.493 e. The Kier molecular flexibility index (Phi) is 10.3. The molecule has 0 aliphatic heterocycles. The van der Waals surface area contributed by atoms with E-state index >= 15 is 0 Å². The maximum atomic E-state index is 12.8. The molecule has 34 heavy (non-hydrogen) atoms. The Bertz CT molecular complexity index is 1070. The fourth-order valence-electron chi connectivity index (χ4n) is 3.30. The molecule has 0 spiro atoms. The lowest BCUT2D eigenvalue weighted by Gasteiger charge is -2.12. The number of aryl methyl sites for hydroxylation is 2. The van der Waals surface area contributed by atoms with Crippen LogP contribution in [0.2, 0.25) is 0 Å². The van der Waals surface area contributed by atoms with E-state index in [9.17, 15) is 4.79 Å². The summed E-state index contributed by atoms with van der Waals surface area (Å²) in [6.07, 6.45) is 4.00. The Morgan fingerprint density at radius 3 is 2.71 bits per heavy atom. The van der Waals surface area contributed by atoms with Crippen LogP contribution >= 0.6 is 23.6 Å². The zero-order valence-electron chi connectivity index (χ0n) is 19.4. The number of carbonyl (C=O) groups excluding carboxylic acids is 1. The van der Waals surface area contributed by atoms with Gasteiger partial charge in [0.05, 0.1) is 6.61 Å². The number of benzene rings is 2. The number of amides is 1. The van der Waals surface area contributed by atoms with Crippen LogP contribution in [0.25, 0.3) is 0 Å². The number of thiazole rings is 1. The molecule has 0 radical (unpaired) electrons. The molecule has 0 saturated heterocycles. The molecule has 3 rings (SSSR count). The van der Waals surface area contributed by atoms with Crippen LogP contribution in [0.1, 0.15) is 34.8 Å². The minimum atomic E-state index is -0.207. The highest BCUT2D eigenvalue weighted by Gasteiger charge is 2.12. The van der Waals surface area contributed by atoms with Crippen molar-refractivity contribution in [2.24, 2.45) is 0 Å². The van der Waals surface area contributed by atoms with Crippen molar-refractivity contribution >= 4 is 45.4 Å². The van der Waals surface area contributed by atoms with Gasteiger partial charge in [-0.05, 0) is 73.4 Å². The molecule has 3 N–H and O–H groups in total. The summed E-state index contributed by atoms with van der Waals surface area (Å²) in [4.78, 5) is 17.0. The molecule has 180 valence electrons. The second kappa shape index (κ2) is 13.6. The monoisotopic (exact) mass is 498 g/mol. The number of nitrogens with one attached hydrogen (secondary N) is 3. The van der Waals surface area contributed by atoms with Crippen molar-refractivity contribution in [1.29, 1.82) is 0 Å². The standard InChI is InChI=1S/C25H30N4O3S2/c1-3-26-24(33)28-21-7-4-6-18(15-21)8-9-19-14-20(23(30)29-25-27-10-13-34-25)17-22(16-19)32-12-5-11-31-2/h4,6-7,10,13-17H,3,5,8-9,11-12H2,1-2H3,(H2,26,28,33)(H,27,29,30). The second-order valence-corrected chi connectivity index (χ2v) is 8.84. The van der Waals surface area contributed by atoms with Gasteiger partial charge in [-0.2, -0.15) is 0 Å². The van der Waals surface area contributed by atoms with E-state index in [-0.39, 0.29) is 5.91 Å². The van der Waals surface area contributed by atoms with Crippen molar-refractivity contribution in [2.75, 3.05) is 37.5 Å². The predicted molar refractivity (Wildman–Crippen MR) is 142 cm³/mol. The van der Waals surface area contributed by atoms with E-state index in [1.807, 2.05) is 36.6 Å². The molecule has 0 bridgehead atoms. The van der Waals surface area contributed by atoms with Gasteiger partial charge in [-0.1, -0.05) is 12.1 Å². The third kappa shape index (κ3) is 8.40. The first kappa shape index (κ1) is 25.6. The number of nitrogens with zero attached hydrogens (tertiary/aromatic N) is 1. The number of hydrogen-bond donors (Lipinski definition) is 3. The number of rotatable bonds is 12. The van der Waals surface area contributed by atoms with Crippen molar-refractivity contribution < 1.29 is 14.3 Å². The number of ether oxygens (including phenoxy) is 2. The van der Waals surface area contributed by atoms with Crippen molar-refractivity contribution in [2.45, 2.75) is 26.2 Å². The average Bonchev–Trinajstić information content (AvgIpc) is 3.34. The van der Waals surface area contributed by atoms with E-state index in [0.29, 0.717) is 34.8 Å². The van der Waals surface area contributed by atoms with Gasteiger partial charge < -0.3 is 20.1 Å². The molecule has 1 heterocycles. The van der Waals surface area contributed by atoms with Crippen LogP contribution in [0, 0.1) is 0 Å². The van der Waals surface area contributed by atoms with Crippen molar-refractivity contribution in [3.63, 3.8) is 0 Å². The van der Waals surface area contributed by atoms with Gasteiger partial charge in [0.2, 0.25) is 0 Å². The lowest BCUT2D eigenvalue weighted by Crippen LogP contribution is -2.27. The first-order chi connectivity index (χ1) is 16.6. The summed E-state index contributed by atoms with van der Waals surface area (Å²) >= 11 is 6.66. The molecular formula is C25H30N4O3S2. The molecule has 9 heteroatoms. The Labute approximate surface area is 209 Å². The number of thiocarbonyl (C=S) groups is 1. The number of hydrogen-bond acceptors (Lipinski definition) is 6. The molecule has 0 unspecified atom stereocenters. The quantitative estimate of drug-likeness (QED) is 0.242. The van der Waals surface area contributed by atoms with Gasteiger partial charge in [0.15, 0.2) is 10.2 Å². The molecule has 1 aromatic heterocycles. The van der Waals surface area contributed by atoms with E-state index in [1.54, 1.807) is 19.4 Å². The molecule has 3 aromatic rings. The summed E-state index contributed by atoms with van der Waals surface area (Å²) in [5, 5.41) is 12.1. The van der Waals surface area contributed by atoms with Crippen LogP contribution in [0.4, 0.5) is 10.8 Å². The van der Waals surface area contributed by atoms with Gasteiger partial charge in [-0.3, -0.25) is 10.1 Å². The lowest BCUT2D eigenvalue weighted by molar-refractivity contribution is 0.102. The summed E-state index contributed by atoms with van der Waals surface area (Å²) in [6.45, 7) is 3.92. The first-order valence-corrected chi connectivity index (χ1v) is 12.5. The third-order valence-corrected chi connectivity index (χ3v) is 5.80. The van der Waals surface area contributed by atoms with Gasteiger partial charge in [-0.15, -0.1) is 11.3 Å². The van der Waals surface area contributed by atoms with Gasteiger partial charge in [0.1, 0.15) is 5.75 Å². The average molecular weight is 499 g/mol. The highest BCUT2D eigenvalue weighted by atomic mass is 32.1. The van der Waals surface area contributed by atoms with E-state index in [1.165, 1.54) is 16.9 Å².